The van der Waals surface area contributed by atoms with E-state index in [2.05, 4.69) is 20.0 Å². The van der Waals surface area contributed by atoms with Crippen molar-refractivity contribution in [2.45, 2.75) is 64.0 Å². The van der Waals surface area contributed by atoms with Crippen LogP contribution >= 0.6 is 0 Å². The lowest BCUT2D eigenvalue weighted by molar-refractivity contribution is -0.127. The first-order valence-electron chi connectivity index (χ1n) is 8.33. The van der Waals surface area contributed by atoms with E-state index in [1.54, 1.807) is 6.08 Å². The van der Waals surface area contributed by atoms with Gasteiger partial charge in [-0.15, -0.1) is 0 Å². The molecule has 3 nitrogen and oxygen atoms in total. The van der Waals surface area contributed by atoms with Crippen molar-refractivity contribution >= 4 is 13.6 Å². The van der Waals surface area contributed by atoms with Crippen LogP contribution in [0, 0.1) is 11.8 Å². The largest absolute Gasteiger partial charge is 0.389 e. The Kier molecular flexibility index (Phi) is 8.63. The van der Waals surface area contributed by atoms with Gasteiger partial charge in [-0.05, 0) is 31.6 Å². The molecule has 1 aliphatic carbocycles. The van der Waals surface area contributed by atoms with Gasteiger partial charge in [-0.2, -0.15) is 0 Å². The van der Waals surface area contributed by atoms with Crippen molar-refractivity contribution in [2.24, 2.45) is 11.8 Å². The fraction of sp³-hybridized carbons (Fsp3) is 0.706. The van der Waals surface area contributed by atoms with Crippen LogP contribution in [0.3, 0.4) is 0 Å². The van der Waals surface area contributed by atoms with E-state index in [1.807, 2.05) is 13.0 Å². The topological polar surface area (TPSA) is 57.5 Å². The molecule has 2 N–H and O–H groups in total. The van der Waals surface area contributed by atoms with Crippen molar-refractivity contribution in [3.05, 3.63) is 24.3 Å². The molecule has 4 heteroatoms. The van der Waals surface area contributed by atoms with Crippen LogP contribution in [0.4, 0.5) is 0 Å². The van der Waals surface area contributed by atoms with E-state index < -0.39 is 12.2 Å². The number of allylic oxidation sites excluding steroid dienone is 3. The van der Waals surface area contributed by atoms with E-state index in [-0.39, 0.29) is 17.6 Å². The molecule has 0 amide bonds. The Morgan fingerprint density at radius 2 is 2.19 bits per heavy atom. The predicted octanol–water partition coefficient (Wildman–Crippen LogP) is 2.05. The monoisotopic (exact) mass is 292 g/mol. The molecule has 1 saturated carbocycles. The number of ketones is 1. The third-order valence-electron chi connectivity index (χ3n) is 4.15. The predicted molar refractivity (Wildman–Crippen MR) is 89.0 cm³/mol. The molecule has 1 rings (SSSR count). The van der Waals surface area contributed by atoms with Gasteiger partial charge in [0.2, 0.25) is 0 Å². The SMILES string of the molecule is BCCC/C=C\C[C@H]1C(=O)C(O)C[C@@H]1/C=C/C(O)CCC. The molecule has 2 unspecified atom stereocenters. The van der Waals surface area contributed by atoms with Crippen molar-refractivity contribution in [1.29, 1.82) is 0 Å². The van der Waals surface area contributed by atoms with E-state index >= 15 is 0 Å². The van der Waals surface area contributed by atoms with Gasteiger partial charge in [-0.1, -0.05) is 50.4 Å². The smallest absolute Gasteiger partial charge is 0.165 e. The standard InChI is InChI=1S/C17H29BO3/c1-2-7-14(19)10-9-13-12-16(20)17(21)15(13)8-5-3-4-6-11-18/h3,5,9-10,13-16,19-20H,2,4,6-8,11-12,18H2,1H3/b5-3-,10-9+/t13-,14?,15+,16?/m0/s1. The average Bonchev–Trinajstić information content (AvgIpc) is 2.73. The second-order valence-electron chi connectivity index (χ2n) is 6.01. The number of aliphatic hydroxyl groups excluding tert-OH is 2. The zero-order valence-electron chi connectivity index (χ0n) is 13.4. The summed E-state index contributed by atoms with van der Waals surface area (Å²) < 4.78 is 0. The van der Waals surface area contributed by atoms with Crippen molar-refractivity contribution in [1.82, 2.24) is 0 Å². The first kappa shape index (κ1) is 18.2. The highest BCUT2D eigenvalue weighted by molar-refractivity contribution is 6.08. The van der Waals surface area contributed by atoms with Crippen LogP contribution in [0.5, 0.6) is 0 Å². The van der Waals surface area contributed by atoms with E-state index in [9.17, 15) is 15.0 Å². The highest BCUT2D eigenvalue weighted by Gasteiger charge is 2.38. The first-order valence-corrected chi connectivity index (χ1v) is 8.33. The fourth-order valence-electron chi connectivity index (χ4n) is 2.85. The van der Waals surface area contributed by atoms with Gasteiger partial charge < -0.3 is 10.2 Å². The molecule has 0 saturated heterocycles. The Bertz CT molecular complexity index is 365. The minimum atomic E-state index is -0.836. The highest BCUT2D eigenvalue weighted by atomic mass is 16.3. The van der Waals surface area contributed by atoms with Gasteiger partial charge in [0.25, 0.3) is 0 Å². The molecule has 118 valence electrons. The van der Waals surface area contributed by atoms with Crippen molar-refractivity contribution < 1.29 is 15.0 Å². The Morgan fingerprint density at radius 3 is 2.86 bits per heavy atom. The number of hydrogen-bond acceptors (Lipinski definition) is 3. The molecule has 0 aromatic carbocycles. The lowest BCUT2D eigenvalue weighted by Crippen LogP contribution is -2.19. The number of aliphatic hydroxyl groups is 2. The van der Waals surface area contributed by atoms with Crippen LogP contribution in [0.15, 0.2) is 24.3 Å². The average molecular weight is 292 g/mol. The maximum Gasteiger partial charge on any atom is 0.165 e. The summed E-state index contributed by atoms with van der Waals surface area (Å²) in [7, 11) is 2.16. The zero-order chi connectivity index (χ0) is 15.7. The number of carbonyl (C=O) groups excluding carboxylic acids is 1. The minimum absolute atomic E-state index is 0.0465. The molecule has 1 fully saturated rings. The Morgan fingerprint density at radius 1 is 1.43 bits per heavy atom. The van der Waals surface area contributed by atoms with Gasteiger partial charge in [0.05, 0.1) is 6.10 Å². The lowest BCUT2D eigenvalue weighted by Gasteiger charge is -2.13. The van der Waals surface area contributed by atoms with Crippen LogP contribution < -0.4 is 0 Å². The number of rotatable bonds is 9. The third kappa shape index (κ3) is 6.19. The molecule has 0 heterocycles. The summed E-state index contributed by atoms with van der Waals surface area (Å²) in [4.78, 5) is 12.0. The van der Waals surface area contributed by atoms with E-state index in [4.69, 9.17) is 0 Å². The molecular weight excluding hydrogens is 263 g/mol. The Labute approximate surface area is 129 Å². The number of Topliss-reactive ketones (excluding diaryl/α,β-unsaturated/α-hetero) is 1. The van der Waals surface area contributed by atoms with Gasteiger partial charge in [-0.3, -0.25) is 4.79 Å². The molecule has 0 aliphatic heterocycles. The van der Waals surface area contributed by atoms with Crippen molar-refractivity contribution in [2.75, 3.05) is 0 Å². The normalized spacial score (nSPS) is 28.0. The van der Waals surface area contributed by atoms with Gasteiger partial charge in [0.1, 0.15) is 14.0 Å². The third-order valence-corrected chi connectivity index (χ3v) is 4.15. The molecule has 0 radical (unpaired) electrons. The molecule has 0 aromatic heterocycles. The molecule has 4 atom stereocenters. The second kappa shape index (κ2) is 9.96. The van der Waals surface area contributed by atoms with Crippen LogP contribution in [-0.2, 0) is 4.79 Å². The summed E-state index contributed by atoms with van der Waals surface area (Å²) in [6.45, 7) is 2.03. The summed E-state index contributed by atoms with van der Waals surface area (Å²) in [6.07, 6.45) is 12.9. The summed E-state index contributed by atoms with van der Waals surface area (Å²) in [6, 6.07) is 0. The van der Waals surface area contributed by atoms with Crippen molar-refractivity contribution in [3.63, 3.8) is 0 Å². The maximum atomic E-state index is 12.0. The van der Waals surface area contributed by atoms with E-state index in [1.165, 1.54) is 12.7 Å². The molecule has 0 aromatic rings. The van der Waals surface area contributed by atoms with Crippen molar-refractivity contribution in [3.8, 4) is 0 Å². The number of unbranched alkanes of at least 4 members (excludes halogenated alkanes) is 1. The van der Waals surface area contributed by atoms with Crippen LogP contribution in [0.25, 0.3) is 0 Å². The number of hydrogen-bond donors (Lipinski definition) is 2. The van der Waals surface area contributed by atoms with Crippen LogP contribution in [0.2, 0.25) is 6.32 Å². The maximum absolute atomic E-state index is 12.0. The molecule has 21 heavy (non-hydrogen) atoms. The molecule has 0 spiro atoms. The quantitative estimate of drug-likeness (QED) is 0.388. The second-order valence-corrected chi connectivity index (χ2v) is 6.01. The summed E-state index contributed by atoms with van der Waals surface area (Å²) in [5.41, 5.74) is 0. The molecule has 1 aliphatic rings. The first-order chi connectivity index (χ1) is 10.1. The molecule has 0 bridgehead atoms. The van der Waals surface area contributed by atoms with Gasteiger partial charge in [0.15, 0.2) is 5.78 Å². The summed E-state index contributed by atoms with van der Waals surface area (Å²) in [5, 5.41) is 19.5. The van der Waals surface area contributed by atoms with E-state index in [0.29, 0.717) is 12.8 Å². The lowest BCUT2D eigenvalue weighted by atomic mass is 9.91. The van der Waals surface area contributed by atoms with Gasteiger partial charge in [0, 0.05) is 5.92 Å². The summed E-state index contributed by atoms with van der Waals surface area (Å²) in [5.74, 6) is -0.132. The van der Waals surface area contributed by atoms with Crippen LogP contribution in [-0.4, -0.2) is 36.1 Å². The number of carbonyl (C=O) groups is 1. The van der Waals surface area contributed by atoms with Gasteiger partial charge >= 0.3 is 0 Å². The van der Waals surface area contributed by atoms with Crippen LogP contribution in [0.1, 0.15) is 45.4 Å². The van der Waals surface area contributed by atoms with Gasteiger partial charge in [-0.25, -0.2) is 0 Å². The minimum Gasteiger partial charge on any atom is -0.389 e. The zero-order valence-corrected chi connectivity index (χ0v) is 13.4. The Balaban J connectivity index is 2.55. The summed E-state index contributed by atoms with van der Waals surface area (Å²) >= 11 is 0. The fourth-order valence-corrected chi connectivity index (χ4v) is 2.85. The highest BCUT2D eigenvalue weighted by Crippen LogP contribution is 2.33. The molecular formula is C17H29BO3. The Hall–Kier alpha value is -0.865. The van der Waals surface area contributed by atoms with E-state index in [0.717, 1.165) is 19.3 Å².